The number of thiophene rings is 2. The summed E-state index contributed by atoms with van der Waals surface area (Å²) in [5, 5.41) is 18.9. The van der Waals surface area contributed by atoms with E-state index in [1.54, 1.807) is 58.0 Å². The Hall–Kier alpha value is -6.00. The number of aromatic nitrogens is 4. The van der Waals surface area contributed by atoms with Crippen LogP contribution in [0.3, 0.4) is 0 Å². The van der Waals surface area contributed by atoms with E-state index in [9.17, 15) is 24.3 Å². The van der Waals surface area contributed by atoms with Gasteiger partial charge in [-0.25, -0.2) is 19.6 Å². The number of hydrogen-bond acceptors (Lipinski definition) is 9. The molecule has 2 fully saturated rings. The molecule has 2 saturated heterocycles. The predicted octanol–water partition coefficient (Wildman–Crippen LogP) is 8.13. The first-order valence-electron chi connectivity index (χ1n) is 19.3. The number of rotatable bonds is 11. The molecule has 58 heavy (non-hydrogen) atoms. The molecule has 8 rings (SSSR count). The molecule has 2 aromatic carbocycles. The number of H-pyrrole nitrogens is 2. The number of aromatic amines is 2. The highest BCUT2D eigenvalue weighted by Gasteiger charge is 2.39. The summed E-state index contributed by atoms with van der Waals surface area (Å²) in [5.41, 5.74) is 6.55. The third-order valence-corrected chi connectivity index (χ3v) is 13.2. The van der Waals surface area contributed by atoms with Crippen molar-refractivity contribution in [3.63, 3.8) is 0 Å². The molecule has 2 unspecified atom stereocenters. The van der Waals surface area contributed by atoms with Gasteiger partial charge in [0.1, 0.15) is 23.7 Å². The fraction of sp³-hybridized carbons (Fsp3) is 0.333. The van der Waals surface area contributed by atoms with E-state index < -0.39 is 24.3 Å². The van der Waals surface area contributed by atoms with Gasteiger partial charge in [-0.15, -0.1) is 22.7 Å². The Balaban J connectivity index is 0.967. The number of carbonyl (C=O) groups is 4. The second-order valence-corrected chi connectivity index (χ2v) is 16.7. The lowest BCUT2D eigenvalue weighted by atomic mass is 10.0. The lowest BCUT2D eigenvalue weighted by molar-refractivity contribution is -0.135. The topological polar surface area (TPSA) is 186 Å². The van der Waals surface area contributed by atoms with Crippen molar-refractivity contribution < 1.29 is 29.0 Å². The van der Waals surface area contributed by atoms with Gasteiger partial charge in [0, 0.05) is 35.0 Å². The number of hydrogen-bond donors (Lipinski definition) is 5. The second-order valence-electron chi connectivity index (χ2n) is 14.9. The molecule has 0 bridgehead atoms. The van der Waals surface area contributed by atoms with Crippen molar-refractivity contribution in [2.75, 3.05) is 20.2 Å². The van der Waals surface area contributed by atoms with Crippen LogP contribution in [-0.4, -0.2) is 85.1 Å². The van der Waals surface area contributed by atoms with Crippen molar-refractivity contribution in [3.05, 3.63) is 95.0 Å². The molecule has 0 radical (unpaired) electrons. The number of ether oxygens (including phenoxy) is 1. The average molecular weight is 821 g/mol. The Kier molecular flexibility index (Phi) is 11.0. The molecule has 4 atom stereocenters. The summed E-state index contributed by atoms with van der Waals surface area (Å²) in [6, 6.07) is 15.0. The van der Waals surface area contributed by atoms with Crippen LogP contribution in [0.15, 0.2) is 77.8 Å². The number of carboxylic acid groups (broad SMARTS) is 1. The van der Waals surface area contributed by atoms with Crippen LogP contribution in [0.1, 0.15) is 74.9 Å². The minimum absolute atomic E-state index is 0.112. The van der Waals surface area contributed by atoms with E-state index in [1.807, 2.05) is 31.0 Å². The van der Waals surface area contributed by atoms with Crippen LogP contribution >= 0.6 is 22.7 Å². The van der Waals surface area contributed by atoms with Gasteiger partial charge < -0.3 is 40.2 Å². The normalized spacial score (nSPS) is 17.8. The van der Waals surface area contributed by atoms with Gasteiger partial charge in [0.15, 0.2) is 0 Å². The summed E-state index contributed by atoms with van der Waals surface area (Å²) < 4.78 is 7.11. The quantitative estimate of drug-likeness (QED) is 0.0867. The summed E-state index contributed by atoms with van der Waals surface area (Å²) >= 11 is 3.37. The van der Waals surface area contributed by atoms with E-state index in [-0.39, 0.29) is 29.8 Å². The van der Waals surface area contributed by atoms with Crippen LogP contribution in [0.5, 0.6) is 0 Å². The average Bonchev–Trinajstić information content (AvgIpc) is 4.08. The molecule has 16 heteroatoms. The Morgan fingerprint density at radius 3 is 1.97 bits per heavy atom. The molecule has 300 valence electrons. The fourth-order valence-corrected chi connectivity index (χ4v) is 10.5. The highest BCUT2D eigenvalue weighted by atomic mass is 32.1. The van der Waals surface area contributed by atoms with Crippen molar-refractivity contribution in [1.29, 1.82) is 0 Å². The van der Waals surface area contributed by atoms with Gasteiger partial charge in [-0.3, -0.25) is 9.59 Å². The van der Waals surface area contributed by atoms with E-state index in [2.05, 4.69) is 60.6 Å². The zero-order valence-corrected chi connectivity index (χ0v) is 33.9. The number of benzene rings is 2. The smallest absolute Gasteiger partial charge is 0.407 e. The summed E-state index contributed by atoms with van der Waals surface area (Å²) in [6.07, 6.45) is 4.86. The number of fused-ring (bicyclic) bond motifs is 1. The number of alkyl carbamates (subject to hydrolysis) is 1. The molecule has 2 aliphatic heterocycles. The van der Waals surface area contributed by atoms with Gasteiger partial charge in [0.2, 0.25) is 5.91 Å². The molecule has 4 amide bonds. The Morgan fingerprint density at radius 2 is 1.34 bits per heavy atom. The number of carbonyl (C=O) groups excluding carboxylic acids is 3. The highest BCUT2D eigenvalue weighted by Crippen LogP contribution is 2.44. The van der Waals surface area contributed by atoms with E-state index in [0.717, 1.165) is 69.8 Å². The summed E-state index contributed by atoms with van der Waals surface area (Å²) in [6.45, 7) is 4.91. The third kappa shape index (κ3) is 7.56. The van der Waals surface area contributed by atoms with Crippen LogP contribution in [0, 0.1) is 5.92 Å². The summed E-state index contributed by atoms with van der Waals surface area (Å²) in [4.78, 5) is 71.0. The molecular formula is C42H44N8O6S2. The molecule has 14 nitrogen and oxygen atoms in total. The van der Waals surface area contributed by atoms with Crippen LogP contribution in [0.4, 0.5) is 9.59 Å². The first kappa shape index (κ1) is 38.9. The zero-order valence-electron chi connectivity index (χ0n) is 32.2. The van der Waals surface area contributed by atoms with E-state index >= 15 is 0 Å². The fourth-order valence-electron chi connectivity index (χ4n) is 8.06. The molecular weight excluding hydrogens is 777 g/mol. The molecule has 5 N–H and O–H groups in total. The minimum atomic E-state index is -1.26. The molecule has 0 spiro atoms. The van der Waals surface area contributed by atoms with Crippen LogP contribution in [0.25, 0.3) is 43.0 Å². The Bertz CT molecular complexity index is 2440. The number of likely N-dealkylation sites (tertiary alicyclic amines) is 2. The number of nitrogens with zero attached hydrogens (tertiary/aromatic N) is 4. The maximum Gasteiger partial charge on any atom is 0.407 e. The SMILES string of the molecule is COC(=O)N[C@H](C(=O)N1CCCC1c1ncc(-c2csc3c(-c4ccc(-c5cnc(C6CCCN6C(=O)[C@H](NC(=O)O)c6ccccc6)[nH]5)cc4)csc23)[nH]1)C(C)C. The second kappa shape index (κ2) is 16.5. The zero-order chi connectivity index (χ0) is 40.5. The first-order valence-corrected chi connectivity index (χ1v) is 21.1. The number of amides is 4. The van der Waals surface area contributed by atoms with Gasteiger partial charge in [-0.2, -0.15) is 0 Å². The van der Waals surface area contributed by atoms with Crippen LogP contribution < -0.4 is 10.6 Å². The van der Waals surface area contributed by atoms with Crippen molar-refractivity contribution in [1.82, 2.24) is 40.4 Å². The van der Waals surface area contributed by atoms with Crippen molar-refractivity contribution in [2.45, 2.75) is 63.7 Å². The number of nitrogens with one attached hydrogen (secondary N) is 4. The largest absolute Gasteiger partial charge is 0.465 e. The summed E-state index contributed by atoms with van der Waals surface area (Å²) in [7, 11) is 1.29. The van der Waals surface area contributed by atoms with Gasteiger partial charge in [-0.1, -0.05) is 68.4 Å². The maximum absolute atomic E-state index is 13.8. The predicted molar refractivity (Wildman–Crippen MR) is 222 cm³/mol. The minimum Gasteiger partial charge on any atom is -0.465 e. The lowest BCUT2D eigenvalue weighted by Crippen LogP contribution is -2.51. The van der Waals surface area contributed by atoms with Crippen LogP contribution in [-0.2, 0) is 14.3 Å². The molecule has 2 aliphatic rings. The highest BCUT2D eigenvalue weighted by molar-refractivity contribution is 7.27. The van der Waals surface area contributed by atoms with E-state index in [1.165, 1.54) is 11.8 Å². The Labute approximate surface area is 342 Å². The molecule has 0 aliphatic carbocycles. The standard InChI is InChI=1S/C42H44N8O6S2/c1-23(2)33(48-42(55)56-3)39(51)49-17-7-12-32(49)38-44-20-30(46-38)28-22-58-35-27(21-57-36(28)35)24-13-15-25(16-14-24)29-19-43-37(45-29)31-11-8-18-50(31)40(52)34(47-41(53)54)26-9-5-4-6-10-26/h4-6,9-10,13-16,19-23,31-34,47H,7-8,11-12,17-18H2,1-3H3,(H,43,45)(H,44,46)(H,48,55)(H,53,54)/t31?,32?,33-,34+/m0/s1. The third-order valence-electron chi connectivity index (χ3n) is 11.0. The monoisotopic (exact) mass is 820 g/mol. The van der Waals surface area contributed by atoms with Gasteiger partial charge in [0.05, 0.1) is 52.4 Å². The molecule has 6 aromatic rings. The summed E-state index contributed by atoms with van der Waals surface area (Å²) in [5.74, 6) is 0.844. The molecule has 6 heterocycles. The van der Waals surface area contributed by atoms with E-state index in [4.69, 9.17) is 9.72 Å². The molecule has 4 aromatic heterocycles. The maximum atomic E-state index is 13.8. The van der Waals surface area contributed by atoms with Crippen molar-refractivity contribution in [3.8, 4) is 33.6 Å². The van der Waals surface area contributed by atoms with Gasteiger partial charge >= 0.3 is 12.2 Å². The van der Waals surface area contributed by atoms with E-state index in [0.29, 0.717) is 24.5 Å². The lowest BCUT2D eigenvalue weighted by Gasteiger charge is -2.30. The van der Waals surface area contributed by atoms with Gasteiger partial charge in [-0.05, 0) is 48.3 Å². The number of imidazole rings is 2. The van der Waals surface area contributed by atoms with Gasteiger partial charge in [0.25, 0.3) is 5.91 Å². The Morgan fingerprint density at radius 1 is 0.776 bits per heavy atom. The van der Waals surface area contributed by atoms with Crippen LogP contribution in [0.2, 0.25) is 0 Å². The van der Waals surface area contributed by atoms with Crippen molar-refractivity contribution in [2.24, 2.45) is 5.92 Å². The van der Waals surface area contributed by atoms with Crippen molar-refractivity contribution >= 4 is 56.1 Å². The number of methoxy groups -OCH3 is 1. The first-order chi connectivity index (χ1) is 28.1. The molecule has 0 saturated carbocycles.